The van der Waals surface area contributed by atoms with Crippen molar-refractivity contribution >= 4 is 38.4 Å². The molecular weight excluding hydrogens is 222 g/mol. The van der Waals surface area contributed by atoms with Crippen LogP contribution in [-0.4, -0.2) is 22.6 Å². The Hall–Kier alpha value is -0.300. The smallest absolute Gasteiger partial charge is 0.349 e. The summed E-state index contributed by atoms with van der Waals surface area (Å²) in [5.74, 6) is -0.499. The minimum atomic E-state index is -1.65. The zero-order chi connectivity index (χ0) is 9.14. The van der Waals surface area contributed by atoms with Gasteiger partial charge < -0.3 is 9.29 Å². The Morgan fingerprint density at radius 2 is 2.58 bits per heavy atom. The Morgan fingerprint density at radius 3 is 3.00 bits per heavy atom. The average molecular weight is 226 g/mol. The van der Waals surface area contributed by atoms with Gasteiger partial charge in [-0.2, -0.15) is 4.98 Å². The predicted octanol–water partition coefficient (Wildman–Crippen LogP) is 1.19. The zero-order valence-corrected chi connectivity index (χ0v) is 8.33. The van der Waals surface area contributed by atoms with Crippen LogP contribution in [0.3, 0.4) is 0 Å². The summed E-state index contributed by atoms with van der Waals surface area (Å²) in [5, 5.41) is 0. The number of rotatable bonds is 2. The van der Waals surface area contributed by atoms with Crippen LogP contribution in [0.15, 0.2) is 10.5 Å². The highest BCUT2D eigenvalue weighted by molar-refractivity contribution is 8.14. The summed E-state index contributed by atoms with van der Waals surface area (Å²) in [7, 11) is 4.84. The lowest BCUT2D eigenvalue weighted by Gasteiger charge is -1.91. The first-order chi connectivity index (χ1) is 5.65. The van der Waals surface area contributed by atoms with Gasteiger partial charge in [0.05, 0.1) is 13.3 Å². The highest BCUT2D eigenvalue weighted by atomic mass is 35.7. The van der Waals surface area contributed by atoms with Gasteiger partial charge in [-0.15, -0.1) is 0 Å². The second kappa shape index (κ2) is 4.08. The number of esters is 1. The van der Waals surface area contributed by atoms with E-state index < -0.39 is 16.4 Å². The number of carbonyl (C=O) groups excluding carboxylic acids is 1. The molecule has 0 aliphatic rings. The summed E-state index contributed by atoms with van der Waals surface area (Å²) in [5.41, 5.74) is 0. The number of nitrogens with zero attached hydrogens (tertiary/aromatic N) is 1. The Bertz CT molecular complexity index is 288. The molecule has 1 rings (SSSR count). The molecule has 0 spiro atoms. The van der Waals surface area contributed by atoms with Crippen LogP contribution in [0.1, 0.15) is 9.67 Å². The van der Waals surface area contributed by atoms with Gasteiger partial charge in [0.15, 0.2) is 10.7 Å². The standard InChI is InChI=1S/C5H4ClNO3S2/c1-10-4(8)3-2-7-5(11-3)12(6)9/h2H,1H3. The van der Waals surface area contributed by atoms with Crippen molar-refractivity contribution < 1.29 is 14.1 Å². The molecule has 0 amide bonds. The van der Waals surface area contributed by atoms with E-state index in [1.165, 1.54) is 13.3 Å². The second-order valence-corrected chi connectivity index (χ2v) is 4.67. The quantitative estimate of drug-likeness (QED) is 0.560. The van der Waals surface area contributed by atoms with Crippen molar-refractivity contribution in [3.05, 3.63) is 11.1 Å². The largest absolute Gasteiger partial charge is 0.592 e. The number of hydrogen-bond donors (Lipinski definition) is 0. The summed E-state index contributed by atoms with van der Waals surface area (Å²) < 4.78 is 15.3. The maximum absolute atomic E-state index is 10.9. The molecule has 7 heteroatoms. The molecule has 1 aromatic rings. The van der Waals surface area contributed by atoms with Gasteiger partial charge in [-0.05, 0) is 0 Å². The Kier molecular flexibility index (Phi) is 3.33. The molecule has 0 radical (unpaired) electrons. The van der Waals surface area contributed by atoms with Crippen LogP contribution < -0.4 is 0 Å². The zero-order valence-electron chi connectivity index (χ0n) is 5.94. The van der Waals surface area contributed by atoms with Crippen molar-refractivity contribution in [3.8, 4) is 0 Å². The van der Waals surface area contributed by atoms with Crippen LogP contribution in [-0.2, 0) is 15.1 Å². The molecular formula is C5H4ClNO3S2. The first-order valence-electron chi connectivity index (χ1n) is 2.77. The van der Waals surface area contributed by atoms with Crippen molar-refractivity contribution in [1.29, 1.82) is 0 Å². The molecule has 0 N–H and O–H groups in total. The van der Waals surface area contributed by atoms with E-state index in [0.717, 1.165) is 11.3 Å². The fourth-order valence-corrected chi connectivity index (χ4v) is 2.16. The molecule has 0 bridgehead atoms. The van der Waals surface area contributed by atoms with E-state index in [4.69, 9.17) is 10.7 Å². The molecule has 0 aliphatic carbocycles. The molecule has 1 atom stereocenters. The molecule has 4 nitrogen and oxygen atoms in total. The van der Waals surface area contributed by atoms with E-state index in [1.54, 1.807) is 0 Å². The molecule has 0 aliphatic heterocycles. The molecule has 0 fully saturated rings. The minimum absolute atomic E-state index is 0.206. The maximum Gasteiger partial charge on any atom is 0.349 e. The lowest BCUT2D eigenvalue weighted by Crippen LogP contribution is -1.96. The second-order valence-electron chi connectivity index (χ2n) is 1.71. The minimum Gasteiger partial charge on any atom is -0.592 e. The molecule has 0 aromatic carbocycles. The topological polar surface area (TPSA) is 62.2 Å². The number of ether oxygens (including phenoxy) is 1. The van der Waals surface area contributed by atoms with Crippen molar-refractivity contribution in [2.24, 2.45) is 0 Å². The van der Waals surface area contributed by atoms with Gasteiger partial charge in [0.1, 0.15) is 15.3 Å². The van der Waals surface area contributed by atoms with E-state index >= 15 is 0 Å². The van der Waals surface area contributed by atoms with Crippen molar-refractivity contribution in [1.82, 2.24) is 4.98 Å². The molecule has 12 heavy (non-hydrogen) atoms. The van der Waals surface area contributed by atoms with E-state index in [1.807, 2.05) is 0 Å². The van der Waals surface area contributed by atoms with Gasteiger partial charge in [-0.1, -0.05) is 11.3 Å². The Balaban J connectivity index is 2.84. The van der Waals surface area contributed by atoms with Crippen molar-refractivity contribution in [3.63, 3.8) is 0 Å². The fourth-order valence-electron chi connectivity index (χ4n) is 0.527. The summed E-state index contributed by atoms with van der Waals surface area (Å²) in [6.45, 7) is 0. The average Bonchev–Trinajstić information content (AvgIpc) is 2.51. The van der Waals surface area contributed by atoms with Gasteiger partial charge in [0, 0.05) is 0 Å². The van der Waals surface area contributed by atoms with Crippen molar-refractivity contribution in [2.45, 2.75) is 4.34 Å². The van der Waals surface area contributed by atoms with Gasteiger partial charge in [0.25, 0.3) is 0 Å². The predicted molar refractivity (Wildman–Crippen MR) is 45.7 cm³/mol. The third-order valence-corrected chi connectivity index (χ3v) is 3.58. The summed E-state index contributed by atoms with van der Waals surface area (Å²) in [6, 6.07) is 0. The van der Waals surface area contributed by atoms with Crippen molar-refractivity contribution in [2.75, 3.05) is 7.11 Å². The Morgan fingerprint density at radius 1 is 1.92 bits per heavy atom. The van der Waals surface area contributed by atoms with Crippen LogP contribution >= 0.6 is 22.0 Å². The molecule has 0 saturated heterocycles. The fraction of sp³-hybridized carbons (Fsp3) is 0.200. The van der Waals surface area contributed by atoms with Crippen LogP contribution in [0.2, 0.25) is 0 Å². The van der Waals surface area contributed by atoms with E-state index in [2.05, 4.69) is 9.72 Å². The number of carbonyl (C=O) groups is 1. The number of methoxy groups -OCH3 is 1. The number of thiazole rings is 1. The lowest BCUT2D eigenvalue weighted by molar-refractivity contribution is 0.0606. The van der Waals surface area contributed by atoms with E-state index in [9.17, 15) is 9.35 Å². The van der Waals surface area contributed by atoms with Gasteiger partial charge in [-0.3, -0.25) is 0 Å². The first-order valence-corrected chi connectivity index (χ1v) is 5.56. The molecule has 1 heterocycles. The van der Waals surface area contributed by atoms with Crippen LogP contribution in [0, 0.1) is 0 Å². The van der Waals surface area contributed by atoms with Crippen LogP contribution in [0.25, 0.3) is 0 Å². The van der Waals surface area contributed by atoms with Crippen LogP contribution in [0.4, 0.5) is 0 Å². The highest BCUT2D eigenvalue weighted by Gasteiger charge is 2.18. The van der Waals surface area contributed by atoms with Gasteiger partial charge in [0.2, 0.25) is 0 Å². The lowest BCUT2D eigenvalue weighted by atomic mass is 10.6. The summed E-state index contributed by atoms with van der Waals surface area (Å²) >= 11 is 0.956. The summed E-state index contributed by atoms with van der Waals surface area (Å²) in [6.07, 6.45) is 1.28. The molecule has 1 unspecified atom stereocenters. The number of aromatic nitrogens is 1. The highest BCUT2D eigenvalue weighted by Crippen LogP contribution is 2.21. The summed E-state index contributed by atoms with van der Waals surface area (Å²) in [4.78, 5) is 14.8. The monoisotopic (exact) mass is 225 g/mol. The number of hydrogen-bond acceptors (Lipinski definition) is 5. The SMILES string of the molecule is COC(=O)c1cnc([S+]([O-])Cl)s1. The third kappa shape index (κ3) is 2.10. The van der Waals surface area contributed by atoms with Gasteiger partial charge >= 0.3 is 10.3 Å². The normalized spacial score (nSPS) is 12.6. The first kappa shape index (κ1) is 9.79. The number of halogens is 1. The molecule has 66 valence electrons. The molecule has 1 aromatic heterocycles. The van der Waals surface area contributed by atoms with Gasteiger partial charge in [-0.25, -0.2) is 4.79 Å². The van der Waals surface area contributed by atoms with E-state index in [0.29, 0.717) is 4.88 Å². The molecule has 0 saturated carbocycles. The van der Waals surface area contributed by atoms with E-state index in [-0.39, 0.29) is 4.34 Å². The van der Waals surface area contributed by atoms with Crippen LogP contribution in [0.5, 0.6) is 0 Å². The maximum atomic E-state index is 10.9. The Labute approximate surface area is 80.2 Å². The third-order valence-electron chi connectivity index (χ3n) is 1.01.